The number of methoxy groups -OCH3 is 1. The molecule has 0 radical (unpaired) electrons. The van der Waals surface area contributed by atoms with Gasteiger partial charge < -0.3 is 9.84 Å². The van der Waals surface area contributed by atoms with Gasteiger partial charge in [-0.1, -0.05) is 13.3 Å². The lowest BCUT2D eigenvalue weighted by Gasteiger charge is -2.01. The maximum absolute atomic E-state index is 11.1. The molecule has 90 valence electrons. The summed E-state index contributed by atoms with van der Waals surface area (Å²) in [7, 11) is 1.42. The Kier molecular flexibility index (Phi) is 2.90. The molecule has 0 aromatic carbocycles. The van der Waals surface area contributed by atoms with Crippen LogP contribution >= 0.6 is 0 Å². The number of aromatic nitrogens is 4. The van der Waals surface area contributed by atoms with Gasteiger partial charge in [-0.2, -0.15) is 9.50 Å². The Bertz CT molecular complexity index is 564. The number of carboxylic acid groups (broad SMARTS) is 1. The minimum Gasteiger partial charge on any atom is -0.477 e. The third-order valence-corrected chi connectivity index (χ3v) is 2.25. The molecule has 0 aliphatic carbocycles. The fraction of sp³-hybridized carbons (Fsp3) is 0.400. The molecule has 0 saturated carbocycles. The SMILES string of the molecule is CCCc1cc(C(=O)O)n2nc(OC)nc2n1. The van der Waals surface area contributed by atoms with Crippen LogP contribution in [0.4, 0.5) is 0 Å². The first-order valence-electron chi connectivity index (χ1n) is 5.19. The number of aryl methyl sites for hydroxylation is 1. The van der Waals surface area contributed by atoms with Crippen molar-refractivity contribution in [2.75, 3.05) is 7.11 Å². The van der Waals surface area contributed by atoms with Crippen molar-refractivity contribution in [3.05, 3.63) is 17.5 Å². The standard InChI is InChI=1S/C10H12N4O3/c1-3-4-6-5-7(8(15)16)14-9(11-6)12-10(13-14)17-2/h5H,3-4H2,1-2H3,(H,15,16). The highest BCUT2D eigenvalue weighted by atomic mass is 16.5. The van der Waals surface area contributed by atoms with Gasteiger partial charge in [0.15, 0.2) is 5.69 Å². The Morgan fingerprint density at radius 2 is 2.29 bits per heavy atom. The van der Waals surface area contributed by atoms with Crippen LogP contribution in [0.2, 0.25) is 0 Å². The maximum Gasteiger partial charge on any atom is 0.354 e. The van der Waals surface area contributed by atoms with Crippen LogP contribution in [0.15, 0.2) is 6.07 Å². The van der Waals surface area contributed by atoms with Crippen LogP contribution in [0, 0.1) is 0 Å². The zero-order chi connectivity index (χ0) is 12.4. The Labute approximate surface area is 97.1 Å². The number of hydrogen-bond donors (Lipinski definition) is 1. The maximum atomic E-state index is 11.1. The van der Waals surface area contributed by atoms with Crippen molar-refractivity contribution in [3.8, 4) is 6.01 Å². The van der Waals surface area contributed by atoms with Crippen molar-refractivity contribution in [1.29, 1.82) is 0 Å². The molecule has 2 aromatic heterocycles. The first-order chi connectivity index (χ1) is 8.15. The van der Waals surface area contributed by atoms with Crippen LogP contribution in [-0.2, 0) is 6.42 Å². The predicted octanol–water partition coefficient (Wildman–Crippen LogP) is 0.784. The minimum absolute atomic E-state index is 0.0363. The van der Waals surface area contributed by atoms with Crippen molar-refractivity contribution >= 4 is 11.7 Å². The second-order valence-corrected chi connectivity index (χ2v) is 3.50. The first kappa shape index (κ1) is 11.3. The molecule has 2 rings (SSSR count). The third-order valence-electron chi connectivity index (χ3n) is 2.25. The largest absolute Gasteiger partial charge is 0.477 e. The lowest BCUT2D eigenvalue weighted by molar-refractivity contribution is 0.0687. The van der Waals surface area contributed by atoms with Crippen LogP contribution in [0.5, 0.6) is 6.01 Å². The van der Waals surface area contributed by atoms with E-state index in [1.54, 1.807) is 0 Å². The van der Waals surface area contributed by atoms with Crippen LogP contribution in [0.1, 0.15) is 29.5 Å². The van der Waals surface area contributed by atoms with E-state index in [0.717, 1.165) is 6.42 Å². The summed E-state index contributed by atoms with van der Waals surface area (Å²) in [5, 5.41) is 13.0. The molecular formula is C10H12N4O3. The lowest BCUT2D eigenvalue weighted by atomic mass is 10.2. The molecule has 17 heavy (non-hydrogen) atoms. The Morgan fingerprint density at radius 3 is 2.88 bits per heavy atom. The van der Waals surface area contributed by atoms with Crippen molar-refractivity contribution in [2.24, 2.45) is 0 Å². The summed E-state index contributed by atoms with van der Waals surface area (Å²) in [6, 6.07) is 1.61. The number of rotatable bonds is 4. The number of fused-ring (bicyclic) bond motifs is 1. The summed E-state index contributed by atoms with van der Waals surface area (Å²) in [4.78, 5) is 19.3. The second-order valence-electron chi connectivity index (χ2n) is 3.50. The first-order valence-corrected chi connectivity index (χ1v) is 5.19. The molecular weight excluding hydrogens is 224 g/mol. The molecule has 0 spiro atoms. The van der Waals surface area contributed by atoms with Gasteiger partial charge in [-0.25, -0.2) is 9.78 Å². The highest BCUT2D eigenvalue weighted by Crippen LogP contribution is 2.11. The van der Waals surface area contributed by atoms with E-state index in [0.29, 0.717) is 12.1 Å². The van der Waals surface area contributed by atoms with Crippen molar-refractivity contribution in [1.82, 2.24) is 19.6 Å². The second kappa shape index (κ2) is 4.36. The lowest BCUT2D eigenvalue weighted by Crippen LogP contribution is -2.09. The van der Waals surface area contributed by atoms with Crippen LogP contribution in [0.25, 0.3) is 5.78 Å². The number of nitrogens with zero attached hydrogens (tertiary/aromatic N) is 4. The summed E-state index contributed by atoms with van der Waals surface area (Å²) >= 11 is 0. The molecule has 1 N–H and O–H groups in total. The molecule has 0 unspecified atom stereocenters. The summed E-state index contributed by atoms with van der Waals surface area (Å²) in [6.45, 7) is 2.00. The van der Waals surface area contributed by atoms with E-state index in [1.807, 2.05) is 6.92 Å². The zero-order valence-corrected chi connectivity index (χ0v) is 9.54. The topological polar surface area (TPSA) is 89.6 Å². The summed E-state index contributed by atoms with van der Waals surface area (Å²) in [6.07, 6.45) is 1.58. The molecule has 0 aliphatic heterocycles. The van der Waals surface area contributed by atoms with Gasteiger partial charge in [0.1, 0.15) is 0 Å². The molecule has 0 atom stereocenters. The van der Waals surface area contributed by atoms with Crippen molar-refractivity contribution < 1.29 is 14.6 Å². The van der Waals surface area contributed by atoms with Crippen molar-refractivity contribution in [2.45, 2.75) is 19.8 Å². The van der Waals surface area contributed by atoms with E-state index in [-0.39, 0.29) is 17.5 Å². The number of hydrogen-bond acceptors (Lipinski definition) is 5. The van der Waals surface area contributed by atoms with Gasteiger partial charge >= 0.3 is 12.0 Å². The Morgan fingerprint density at radius 1 is 1.53 bits per heavy atom. The number of aromatic carboxylic acids is 1. The fourth-order valence-electron chi connectivity index (χ4n) is 1.52. The van der Waals surface area contributed by atoms with Crippen LogP contribution < -0.4 is 4.74 Å². The molecule has 2 aromatic rings. The van der Waals surface area contributed by atoms with Crippen LogP contribution in [0.3, 0.4) is 0 Å². The summed E-state index contributed by atoms with van der Waals surface area (Å²) in [5.41, 5.74) is 0.724. The molecule has 7 heteroatoms. The molecule has 0 bridgehead atoms. The molecule has 0 saturated heterocycles. The van der Waals surface area contributed by atoms with E-state index < -0.39 is 5.97 Å². The molecule has 0 aliphatic rings. The highest BCUT2D eigenvalue weighted by Gasteiger charge is 2.15. The Hall–Kier alpha value is -2.18. The number of ether oxygens (including phenoxy) is 1. The number of carboxylic acids is 1. The number of carbonyl (C=O) groups is 1. The predicted molar refractivity (Wildman–Crippen MR) is 58.3 cm³/mol. The van der Waals surface area contributed by atoms with E-state index in [1.165, 1.54) is 17.7 Å². The third kappa shape index (κ3) is 2.03. The molecule has 2 heterocycles. The molecule has 7 nitrogen and oxygen atoms in total. The summed E-state index contributed by atoms with van der Waals surface area (Å²) < 4.78 is 6.02. The van der Waals surface area contributed by atoms with Gasteiger partial charge in [0.25, 0.3) is 5.78 Å². The normalized spacial score (nSPS) is 10.7. The Balaban J connectivity index is 2.65. The van der Waals surface area contributed by atoms with Gasteiger partial charge in [-0.3, -0.25) is 0 Å². The van der Waals surface area contributed by atoms with E-state index in [9.17, 15) is 4.79 Å². The average Bonchev–Trinajstić information content (AvgIpc) is 2.71. The van der Waals surface area contributed by atoms with Crippen LogP contribution in [-0.4, -0.2) is 37.8 Å². The fourth-order valence-corrected chi connectivity index (χ4v) is 1.52. The summed E-state index contributed by atoms with van der Waals surface area (Å²) in [5.74, 6) is -0.826. The molecule has 0 fully saturated rings. The zero-order valence-electron chi connectivity index (χ0n) is 9.54. The van der Waals surface area contributed by atoms with Gasteiger partial charge in [0.05, 0.1) is 7.11 Å². The van der Waals surface area contributed by atoms with E-state index in [4.69, 9.17) is 9.84 Å². The molecule has 0 amide bonds. The quantitative estimate of drug-likeness (QED) is 0.843. The average molecular weight is 236 g/mol. The van der Waals surface area contributed by atoms with E-state index in [2.05, 4.69) is 15.1 Å². The van der Waals surface area contributed by atoms with Gasteiger partial charge in [0.2, 0.25) is 0 Å². The monoisotopic (exact) mass is 236 g/mol. The smallest absolute Gasteiger partial charge is 0.354 e. The van der Waals surface area contributed by atoms with Gasteiger partial charge in [-0.15, -0.1) is 5.10 Å². The van der Waals surface area contributed by atoms with Gasteiger partial charge in [0, 0.05) is 5.69 Å². The highest BCUT2D eigenvalue weighted by molar-refractivity contribution is 5.86. The minimum atomic E-state index is -1.07. The van der Waals surface area contributed by atoms with Gasteiger partial charge in [-0.05, 0) is 12.5 Å². The van der Waals surface area contributed by atoms with E-state index >= 15 is 0 Å². The van der Waals surface area contributed by atoms with Crippen molar-refractivity contribution in [3.63, 3.8) is 0 Å².